The molecule has 1 N–H and O–H groups in total. The van der Waals surface area contributed by atoms with Crippen molar-refractivity contribution in [3.63, 3.8) is 0 Å². The largest absolute Gasteiger partial charge is 0.502 e. The number of para-hydroxylation sites is 1. The van der Waals surface area contributed by atoms with Crippen LogP contribution in [-0.2, 0) is 19.1 Å². The summed E-state index contributed by atoms with van der Waals surface area (Å²) in [5.74, 6) is -4.03. The van der Waals surface area contributed by atoms with Gasteiger partial charge in [-0.05, 0) is 27.7 Å². The monoisotopic (exact) mass is 390 g/mol. The van der Waals surface area contributed by atoms with Gasteiger partial charge in [-0.3, -0.25) is 19.9 Å². The van der Waals surface area contributed by atoms with Crippen LogP contribution in [0.25, 0.3) is 0 Å². The van der Waals surface area contributed by atoms with E-state index in [1.807, 2.05) is 0 Å². The number of rotatable bonds is 6. The summed E-state index contributed by atoms with van der Waals surface area (Å²) in [7, 11) is 0. The number of nitro benzene ring substituents is 1. The van der Waals surface area contributed by atoms with Gasteiger partial charge in [0.15, 0.2) is 5.75 Å². The van der Waals surface area contributed by atoms with E-state index in [1.165, 1.54) is 12.1 Å². The van der Waals surface area contributed by atoms with Gasteiger partial charge in [-0.1, -0.05) is 12.1 Å². The number of aromatic hydroxyl groups is 1. The number of carbonyl (C=O) groups excluding carboxylic acids is 2. The molecule has 0 spiro atoms. The fourth-order valence-corrected chi connectivity index (χ4v) is 3.33. The maximum absolute atomic E-state index is 12.7. The van der Waals surface area contributed by atoms with E-state index in [-0.39, 0.29) is 24.4 Å². The standard InChI is InChI=1S/C19H22N2O7/c1-5-27-18(23)14-10(3)20-11(4)15(19(24)28-6-2)16(14)12-8-7-9-13(17(12)22)21(25)26/h7-9,14,16,22H,5-6H2,1-4H3. The third-order valence-corrected chi connectivity index (χ3v) is 4.44. The number of ether oxygens (including phenoxy) is 2. The van der Waals surface area contributed by atoms with Crippen LogP contribution in [0.15, 0.2) is 34.5 Å². The number of nitro groups is 1. The number of hydrogen-bond donors (Lipinski definition) is 1. The highest BCUT2D eigenvalue weighted by atomic mass is 16.6. The molecule has 1 aliphatic rings. The lowest BCUT2D eigenvalue weighted by atomic mass is 9.75. The smallest absolute Gasteiger partial charge is 0.336 e. The third kappa shape index (κ3) is 3.88. The number of phenolic OH excluding ortho intramolecular Hbond substituents is 1. The van der Waals surface area contributed by atoms with E-state index in [9.17, 15) is 24.8 Å². The SMILES string of the molecule is CCOC(=O)C1=C(C)N=C(C)C(C(=O)OCC)C1c1cccc([N+](=O)[O-])c1O. The van der Waals surface area contributed by atoms with E-state index in [0.717, 1.165) is 6.07 Å². The second-order valence-electron chi connectivity index (χ2n) is 6.15. The summed E-state index contributed by atoms with van der Waals surface area (Å²) in [4.78, 5) is 40.1. The zero-order valence-electron chi connectivity index (χ0n) is 16.1. The molecule has 1 heterocycles. The summed E-state index contributed by atoms with van der Waals surface area (Å²) in [5, 5.41) is 21.8. The van der Waals surface area contributed by atoms with Crippen molar-refractivity contribution >= 4 is 23.3 Å². The molecular formula is C19H22N2O7. The molecular weight excluding hydrogens is 368 g/mol. The minimum absolute atomic E-state index is 0.0568. The van der Waals surface area contributed by atoms with E-state index in [1.54, 1.807) is 27.7 Å². The van der Waals surface area contributed by atoms with Gasteiger partial charge in [0.05, 0.1) is 23.7 Å². The highest BCUT2D eigenvalue weighted by Gasteiger charge is 2.44. The van der Waals surface area contributed by atoms with E-state index in [2.05, 4.69) is 4.99 Å². The molecule has 0 fully saturated rings. The molecule has 0 saturated heterocycles. The molecule has 0 amide bonds. The van der Waals surface area contributed by atoms with E-state index in [4.69, 9.17) is 9.47 Å². The molecule has 2 rings (SSSR count). The Morgan fingerprint density at radius 1 is 1.21 bits per heavy atom. The summed E-state index contributed by atoms with van der Waals surface area (Å²) >= 11 is 0. The Hall–Kier alpha value is -3.23. The Morgan fingerprint density at radius 2 is 1.86 bits per heavy atom. The van der Waals surface area contributed by atoms with Crippen LogP contribution in [0.4, 0.5) is 5.69 Å². The molecule has 0 radical (unpaired) electrons. The second kappa shape index (κ2) is 8.64. The fraction of sp³-hybridized carbons (Fsp3) is 0.421. The Labute approximate surface area is 161 Å². The molecule has 1 aromatic carbocycles. The van der Waals surface area contributed by atoms with Crippen molar-refractivity contribution in [3.05, 3.63) is 45.1 Å². The number of carbonyl (C=O) groups is 2. The van der Waals surface area contributed by atoms with Crippen molar-refractivity contribution in [1.82, 2.24) is 0 Å². The van der Waals surface area contributed by atoms with Gasteiger partial charge in [0.25, 0.3) is 0 Å². The van der Waals surface area contributed by atoms with Gasteiger partial charge in [-0.25, -0.2) is 4.79 Å². The number of aliphatic imine (C=N–C) groups is 1. The summed E-state index contributed by atoms with van der Waals surface area (Å²) in [6.07, 6.45) is 0. The van der Waals surface area contributed by atoms with Gasteiger partial charge in [0, 0.05) is 29.0 Å². The number of phenols is 1. The maximum Gasteiger partial charge on any atom is 0.336 e. The van der Waals surface area contributed by atoms with Crippen LogP contribution in [-0.4, -0.2) is 40.9 Å². The average Bonchev–Trinajstić information content (AvgIpc) is 2.61. The molecule has 1 aromatic rings. The molecule has 0 aliphatic carbocycles. The van der Waals surface area contributed by atoms with Crippen LogP contribution >= 0.6 is 0 Å². The lowest BCUT2D eigenvalue weighted by molar-refractivity contribution is -0.386. The lowest BCUT2D eigenvalue weighted by Gasteiger charge is -2.31. The molecule has 1 aliphatic heterocycles. The number of nitrogens with zero attached hydrogens (tertiary/aromatic N) is 2. The van der Waals surface area contributed by atoms with Gasteiger partial charge in [-0.2, -0.15) is 0 Å². The van der Waals surface area contributed by atoms with Gasteiger partial charge in [0.2, 0.25) is 0 Å². The number of benzene rings is 1. The number of hydrogen-bond acceptors (Lipinski definition) is 8. The van der Waals surface area contributed by atoms with Gasteiger partial charge in [0.1, 0.15) is 5.92 Å². The molecule has 28 heavy (non-hydrogen) atoms. The van der Waals surface area contributed by atoms with Crippen molar-refractivity contribution in [2.45, 2.75) is 33.6 Å². The fourth-order valence-electron chi connectivity index (χ4n) is 3.33. The van der Waals surface area contributed by atoms with E-state index < -0.39 is 40.1 Å². The van der Waals surface area contributed by atoms with Gasteiger partial charge >= 0.3 is 17.6 Å². The van der Waals surface area contributed by atoms with Gasteiger partial charge < -0.3 is 14.6 Å². The van der Waals surface area contributed by atoms with Crippen molar-refractivity contribution < 1.29 is 29.1 Å². The van der Waals surface area contributed by atoms with Crippen molar-refractivity contribution in [1.29, 1.82) is 0 Å². The van der Waals surface area contributed by atoms with Crippen LogP contribution in [0.3, 0.4) is 0 Å². The van der Waals surface area contributed by atoms with E-state index >= 15 is 0 Å². The van der Waals surface area contributed by atoms with Crippen molar-refractivity contribution in [2.24, 2.45) is 10.9 Å². The first kappa shape index (κ1) is 21.1. The molecule has 9 heteroatoms. The zero-order valence-corrected chi connectivity index (χ0v) is 16.1. The maximum atomic E-state index is 12.7. The number of allylic oxidation sites excluding steroid dienone is 1. The van der Waals surface area contributed by atoms with Crippen molar-refractivity contribution in [3.8, 4) is 5.75 Å². The van der Waals surface area contributed by atoms with E-state index in [0.29, 0.717) is 11.4 Å². The van der Waals surface area contributed by atoms with Crippen LogP contribution in [0.5, 0.6) is 5.75 Å². The summed E-state index contributed by atoms with van der Waals surface area (Å²) in [6, 6.07) is 3.96. The topological polar surface area (TPSA) is 128 Å². The minimum Gasteiger partial charge on any atom is -0.502 e. The van der Waals surface area contributed by atoms with Crippen LogP contribution in [0.2, 0.25) is 0 Å². The molecule has 0 bridgehead atoms. The third-order valence-electron chi connectivity index (χ3n) is 4.44. The Balaban J connectivity index is 2.75. The van der Waals surface area contributed by atoms with Crippen molar-refractivity contribution in [2.75, 3.05) is 13.2 Å². The summed E-state index contributed by atoms with van der Waals surface area (Å²) in [6.45, 7) is 6.66. The molecule has 0 aromatic heterocycles. The lowest BCUT2D eigenvalue weighted by Crippen LogP contribution is -2.36. The predicted octanol–water partition coefficient (Wildman–Crippen LogP) is 2.87. The predicted molar refractivity (Wildman–Crippen MR) is 100 cm³/mol. The Kier molecular flexibility index (Phi) is 6.50. The molecule has 9 nitrogen and oxygen atoms in total. The second-order valence-corrected chi connectivity index (χ2v) is 6.15. The highest BCUT2D eigenvalue weighted by Crippen LogP contribution is 2.45. The first-order valence-electron chi connectivity index (χ1n) is 8.80. The number of esters is 2. The average molecular weight is 390 g/mol. The first-order chi connectivity index (χ1) is 13.2. The minimum atomic E-state index is -1.03. The molecule has 150 valence electrons. The van der Waals surface area contributed by atoms with Crippen LogP contribution in [0, 0.1) is 16.0 Å². The van der Waals surface area contributed by atoms with Crippen LogP contribution < -0.4 is 0 Å². The highest BCUT2D eigenvalue weighted by molar-refractivity contribution is 6.07. The zero-order chi connectivity index (χ0) is 21.0. The van der Waals surface area contributed by atoms with Gasteiger partial charge in [-0.15, -0.1) is 0 Å². The van der Waals surface area contributed by atoms with Crippen LogP contribution in [0.1, 0.15) is 39.2 Å². The quantitative estimate of drug-likeness (QED) is 0.449. The summed E-state index contributed by atoms with van der Waals surface area (Å²) in [5.41, 5.74) is 0.277. The molecule has 2 unspecified atom stereocenters. The normalized spacial score (nSPS) is 19.1. The molecule has 0 saturated carbocycles. The molecule has 2 atom stereocenters. The summed E-state index contributed by atoms with van der Waals surface area (Å²) < 4.78 is 10.2. The Morgan fingerprint density at radius 3 is 2.43 bits per heavy atom. The Bertz CT molecular complexity index is 873. The first-order valence-corrected chi connectivity index (χ1v) is 8.80.